The number of hydrogen-bond donors (Lipinski definition) is 1. The third kappa shape index (κ3) is 5.04. The van der Waals surface area contributed by atoms with Crippen molar-refractivity contribution in [2.75, 3.05) is 32.7 Å². The zero-order valence-electron chi connectivity index (χ0n) is 15.4. The van der Waals surface area contributed by atoms with E-state index in [2.05, 4.69) is 17.1 Å². The van der Waals surface area contributed by atoms with E-state index in [0.29, 0.717) is 37.5 Å². The predicted molar refractivity (Wildman–Crippen MR) is 97.8 cm³/mol. The quantitative estimate of drug-likeness (QED) is 0.843. The summed E-state index contributed by atoms with van der Waals surface area (Å²) in [6, 6.07) is 6.85. The van der Waals surface area contributed by atoms with Gasteiger partial charge in [-0.05, 0) is 24.8 Å². The van der Waals surface area contributed by atoms with Crippen LogP contribution in [0.4, 0.5) is 4.39 Å². The van der Waals surface area contributed by atoms with E-state index in [1.807, 2.05) is 17.0 Å². The maximum absolute atomic E-state index is 13.8. The second-order valence-corrected chi connectivity index (χ2v) is 7.46. The smallest absolute Gasteiger partial charge is 0.224 e. The topological polar surface area (TPSA) is 52.7 Å². The number of rotatable bonds is 6. The number of hydrogen-bond acceptors (Lipinski definition) is 3. The zero-order chi connectivity index (χ0) is 18.5. The lowest BCUT2D eigenvalue weighted by Crippen LogP contribution is -2.37. The van der Waals surface area contributed by atoms with E-state index in [-0.39, 0.29) is 23.5 Å². The molecule has 0 radical (unpaired) electrons. The van der Waals surface area contributed by atoms with Crippen molar-refractivity contribution in [1.82, 2.24) is 15.1 Å². The third-order valence-electron chi connectivity index (χ3n) is 5.38. The van der Waals surface area contributed by atoms with Gasteiger partial charge in [0.15, 0.2) is 0 Å². The van der Waals surface area contributed by atoms with Crippen LogP contribution in [0.3, 0.4) is 0 Å². The van der Waals surface area contributed by atoms with Crippen LogP contribution < -0.4 is 5.32 Å². The molecule has 1 aliphatic heterocycles. The fourth-order valence-corrected chi connectivity index (χ4v) is 3.52. The van der Waals surface area contributed by atoms with E-state index in [4.69, 9.17) is 0 Å². The minimum absolute atomic E-state index is 0.0808. The highest BCUT2D eigenvalue weighted by Gasteiger charge is 2.38. The molecule has 1 aliphatic carbocycles. The summed E-state index contributed by atoms with van der Waals surface area (Å²) in [7, 11) is 0. The van der Waals surface area contributed by atoms with Gasteiger partial charge in [-0.15, -0.1) is 0 Å². The maximum atomic E-state index is 13.8. The summed E-state index contributed by atoms with van der Waals surface area (Å²) in [5.41, 5.74) is 0.698. The molecular weight excluding hydrogens is 333 g/mol. The summed E-state index contributed by atoms with van der Waals surface area (Å²) < 4.78 is 13.8. The van der Waals surface area contributed by atoms with Crippen molar-refractivity contribution in [3.8, 4) is 0 Å². The maximum Gasteiger partial charge on any atom is 0.224 e. The number of nitrogens with one attached hydrogen (secondary N) is 1. The SMILES string of the molecule is C[C@H]1C[C@@H]1C(=O)NCCC(=O)N1CCCN(Cc2ccccc2F)CC1. The highest BCUT2D eigenvalue weighted by molar-refractivity contribution is 5.82. The van der Waals surface area contributed by atoms with Crippen molar-refractivity contribution in [3.63, 3.8) is 0 Å². The minimum atomic E-state index is -0.176. The average Bonchev–Trinajstić information content (AvgIpc) is 3.39. The van der Waals surface area contributed by atoms with Gasteiger partial charge in [-0.2, -0.15) is 0 Å². The van der Waals surface area contributed by atoms with Crippen LogP contribution in [0.15, 0.2) is 24.3 Å². The number of amides is 2. The molecule has 2 aliphatic rings. The molecule has 1 aromatic carbocycles. The number of nitrogens with zero attached hydrogens (tertiary/aromatic N) is 2. The summed E-state index contributed by atoms with van der Waals surface area (Å²) in [4.78, 5) is 28.3. The first-order valence-electron chi connectivity index (χ1n) is 9.56. The molecule has 2 atom stereocenters. The molecule has 26 heavy (non-hydrogen) atoms. The molecule has 1 saturated heterocycles. The highest BCUT2D eigenvalue weighted by atomic mass is 19.1. The molecule has 1 saturated carbocycles. The van der Waals surface area contributed by atoms with Gasteiger partial charge >= 0.3 is 0 Å². The Kier molecular flexibility index (Phi) is 6.25. The Morgan fingerprint density at radius 2 is 1.96 bits per heavy atom. The van der Waals surface area contributed by atoms with Crippen LogP contribution in [0.25, 0.3) is 0 Å². The summed E-state index contributed by atoms with van der Waals surface area (Å²) in [6.07, 6.45) is 2.19. The summed E-state index contributed by atoms with van der Waals surface area (Å²) >= 11 is 0. The molecule has 1 aromatic rings. The second kappa shape index (κ2) is 8.62. The van der Waals surface area contributed by atoms with Gasteiger partial charge in [0.05, 0.1) is 0 Å². The summed E-state index contributed by atoms with van der Waals surface area (Å²) in [5.74, 6) is 0.622. The van der Waals surface area contributed by atoms with E-state index >= 15 is 0 Å². The molecular formula is C20H28FN3O2. The first-order valence-corrected chi connectivity index (χ1v) is 9.56. The van der Waals surface area contributed by atoms with Crippen molar-refractivity contribution >= 4 is 11.8 Å². The third-order valence-corrected chi connectivity index (χ3v) is 5.38. The average molecular weight is 361 g/mol. The van der Waals surface area contributed by atoms with Gasteiger partial charge in [-0.25, -0.2) is 4.39 Å². The van der Waals surface area contributed by atoms with Crippen molar-refractivity contribution in [2.24, 2.45) is 11.8 Å². The van der Waals surface area contributed by atoms with Gasteiger partial charge in [0, 0.05) is 57.2 Å². The minimum Gasteiger partial charge on any atom is -0.355 e. The highest BCUT2D eigenvalue weighted by Crippen LogP contribution is 2.37. The molecule has 0 bridgehead atoms. The van der Waals surface area contributed by atoms with Crippen LogP contribution in [0.5, 0.6) is 0 Å². The molecule has 142 valence electrons. The molecule has 3 rings (SSSR count). The van der Waals surface area contributed by atoms with Crippen LogP contribution in [0.2, 0.25) is 0 Å². The lowest BCUT2D eigenvalue weighted by molar-refractivity contribution is -0.131. The molecule has 1 heterocycles. The molecule has 2 amide bonds. The first kappa shape index (κ1) is 18.8. The van der Waals surface area contributed by atoms with E-state index in [1.54, 1.807) is 6.07 Å². The Balaban J connectivity index is 1.40. The Morgan fingerprint density at radius 1 is 1.19 bits per heavy atom. The van der Waals surface area contributed by atoms with E-state index in [9.17, 15) is 14.0 Å². The van der Waals surface area contributed by atoms with Crippen LogP contribution in [-0.2, 0) is 16.1 Å². The lowest BCUT2D eigenvalue weighted by Gasteiger charge is -2.22. The molecule has 1 N–H and O–H groups in total. The Hall–Kier alpha value is -1.95. The van der Waals surface area contributed by atoms with Crippen LogP contribution in [0, 0.1) is 17.7 Å². The largest absolute Gasteiger partial charge is 0.355 e. The van der Waals surface area contributed by atoms with Crippen molar-refractivity contribution in [1.29, 1.82) is 0 Å². The number of carbonyl (C=O) groups excluding carboxylic acids is 2. The standard InChI is InChI=1S/C20H28FN3O2/c1-15-13-17(15)20(26)22-8-7-19(25)24-10-4-9-23(11-12-24)14-16-5-2-3-6-18(16)21/h2-3,5-6,15,17H,4,7-14H2,1H3,(H,22,26)/t15-,17-/m0/s1. The number of benzene rings is 1. The Morgan fingerprint density at radius 3 is 2.69 bits per heavy atom. The molecule has 0 unspecified atom stereocenters. The monoisotopic (exact) mass is 361 g/mol. The van der Waals surface area contributed by atoms with Crippen molar-refractivity contribution < 1.29 is 14.0 Å². The lowest BCUT2D eigenvalue weighted by atomic mass is 10.2. The van der Waals surface area contributed by atoms with Crippen molar-refractivity contribution in [3.05, 3.63) is 35.6 Å². The fourth-order valence-electron chi connectivity index (χ4n) is 3.52. The molecule has 6 heteroatoms. The normalized spacial score (nSPS) is 23.4. The van der Waals surface area contributed by atoms with Gasteiger partial charge in [-0.3, -0.25) is 14.5 Å². The fraction of sp³-hybridized carbons (Fsp3) is 0.600. The van der Waals surface area contributed by atoms with Gasteiger partial charge in [-0.1, -0.05) is 25.1 Å². The number of halogens is 1. The predicted octanol–water partition coefficient (Wildman–Crippen LogP) is 2.02. The Bertz CT molecular complexity index is 652. The van der Waals surface area contributed by atoms with E-state index < -0.39 is 0 Å². The number of carbonyl (C=O) groups is 2. The first-order chi connectivity index (χ1) is 12.5. The van der Waals surface area contributed by atoms with Crippen LogP contribution in [-0.4, -0.2) is 54.3 Å². The molecule has 2 fully saturated rings. The summed E-state index contributed by atoms with van der Waals surface area (Å²) in [6.45, 7) is 6.03. The van der Waals surface area contributed by atoms with Gasteiger partial charge < -0.3 is 10.2 Å². The second-order valence-electron chi connectivity index (χ2n) is 7.46. The molecule has 0 spiro atoms. The molecule has 0 aromatic heterocycles. The summed E-state index contributed by atoms with van der Waals surface area (Å²) in [5, 5.41) is 2.87. The zero-order valence-corrected chi connectivity index (χ0v) is 15.4. The van der Waals surface area contributed by atoms with Crippen LogP contribution >= 0.6 is 0 Å². The van der Waals surface area contributed by atoms with Crippen LogP contribution in [0.1, 0.15) is 31.7 Å². The van der Waals surface area contributed by atoms with Gasteiger partial charge in [0.1, 0.15) is 5.82 Å². The van der Waals surface area contributed by atoms with Crippen molar-refractivity contribution in [2.45, 2.75) is 32.7 Å². The van der Waals surface area contributed by atoms with Gasteiger partial charge in [0.25, 0.3) is 0 Å². The van der Waals surface area contributed by atoms with E-state index in [1.165, 1.54) is 6.07 Å². The van der Waals surface area contributed by atoms with E-state index in [0.717, 1.165) is 32.5 Å². The Labute approximate surface area is 154 Å². The molecule has 5 nitrogen and oxygen atoms in total. The van der Waals surface area contributed by atoms with Gasteiger partial charge in [0.2, 0.25) is 11.8 Å².